The fraction of sp³-hybridized carbons (Fsp3) is 0.182. The van der Waals surface area contributed by atoms with Crippen molar-refractivity contribution in [3.63, 3.8) is 0 Å². The van der Waals surface area contributed by atoms with Crippen molar-refractivity contribution < 1.29 is 4.52 Å². The maximum absolute atomic E-state index is 5.14. The summed E-state index contributed by atoms with van der Waals surface area (Å²) in [6.07, 6.45) is 0. The Kier molecular flexibility index (Phi) is 3.49. The van der Waals surface area contributed by atoms with Crippen LogP contribution in [0.2, 0.25) is 0 Å². The van der Waals surface area contributed by atoms with Gasteiger partial charge >= 0.3 is 0 Å². The van der Waals surface area contributed by atoms with Gasteiger partial charge in [0.05, 0.1) is 11.4 Å². The number of aryl methyl sites for hydroxylation is 1. The molecule has 1 aromatic heterocycles. The third-order valence-corrected chi connectivity index (χ3v) is 3.93. The average Bonchev–Trinajstić information content (AvgIpc) is 2.63. The monoisotopic (exact) mass is 283 g/mol. The van der Waals surface area contributed by atoms with Gasteiger partial charge in [-0.05, 0) is 35.0 Å². The molecule has 4 heteroatoms. The molecule has 0 atom stereocenters. The molecule has 2 nitrogen and oxygen atoms in total. The second-order valence-corrected chi connectivity index (χ2v) is 5.03. The van der Waals surface area contributed by atoms with Crippen LogP contribution in [0.15, 0.2) is 44.2 Å². The molecule has 2 aromatic rings. The standard InChI is InChI=1S/C11H10BrNOS/c1-8-6-9(14-13-8)7-15-11-5-3-2-4-10(11)12/h2-6H,7H2,1H3. The number of hydrogen-bond acceptors (Lipinski definition) is 3. The summed E-state index contributed by atoms with van der Waals surface area (Å²) in [5, 5.41) is 3.85. The summed E-state index contributed by atoms with van der Waals surface area (Å²) in [5.74, 6) is 1.72. The van der Waals surface area contributed by atoms with E-state index in [4.69, 9.17) is 4.52 Å². The molecule has 78 valence electrons. The molecule has 0 aliphatic carbocycles. The van der Waals surface area contributed by atoms with Crippen molar-refractivity contribution in [3.8, 4) is 0 Å². The number of aromatic nitrogens is 1. The molecule has 0 N–H and O–H groups in total. The topological polar surface area (TPSA) is 26.0 Å². The molecule has 0 aliphatic rings. The van der Waals surface area contributed by atoms with Crippen LogP contribution in [0, 0.1) is 6.92 Å². The summed E-state index contributed by atoms with van der Waals surface area (Å²) < 4.78 is 6.26. The van der Waals surface area contributed by atoms with Crippen LogP contribution in [0.4, 0.5) is 0 Å². The normalized spacial score (nSPS) is 10.5. The maximum atomic E-state index is 5.14. The number of rotatable bonds is 3. The van der Waals surface area contributed by atoms with Gasteiger partial charge in [0.1, 0.15) is 5.76 Å². The second kappa shape index (κ2) is 4.86. The Labute approximate surface area is 101 Å². The smallest absolute Gasteiger partial charge is 0.147 e. The van der Waals surface area contributed by atoms with Crippen LogP contribution >= 0.6 is 27.7 Å². The Morgan fingerprint density at radius 3 is 2.87 bits per heavy atom. The molecule has 0 saturated heterocycles. The molecule has 0 amide bonds. The summed E-state index contributed by atoms with van der Waals surface area (Å²) in [7, 11) is 0. The SMILES string of the molecule is Cc1cc(CSc2ccccc2Br)on1. The minimum absolute atomic E-state index is 0.809. The molecule has 1 heterocycles. The molecule has 1 aromatic carbocycles. The molecule has 0 radical (unpaired) electrons. The van der Waals surface area contributed by atoms with Crippen LogP contribution in [0.1, 0.15) is 11.5 Å². The number of halogens is 1. The van der Waals surface area contributed by atoms with Crippen molar-refractivity contribution in [2.24, 2.45) is 0 Å². The summed E-state index contributed by atoms with van der Waals surface area (Å²) >= 11 is 5.24. The van der Waals surface area contributed by atoms with Crippen LogP contribution < -0.4 is 0 Å². The molecule has 0 aliphatic heterocycles. The first-order valence-electron chi connectivity index (χ1n) is 4.55. The molecule has 0 spiro atoms. The van der Waals surface area contributed by atoms with Crippen LogP contribution in [0.3, 0.4) is 0 Å². The summed E-state index contributed by atoms with van der Waals surface area (Å²) in [6, 6.07) is 10.1. The van der Waals surface area contributed by atoms with Crippen molar-refractivity contribution in [2.45, 2.75) is 17.6 Å². The Morgan fingerprint density at radius 2 is 2.20 bits per heavy atom. The van der Waals surface area contributed by atoms with E-state index in [2.05, 4.69) is 27.2 Å². The largest absolute Gasteiger partial charge is 0.360 e. The lowest BCUT2D eigenvalue weighted by Gasteiger charge is -2.00. The van der Waals surface area contributed by atoms with Gasteiger partial charge in [-0.3, -0.25) is 0 Å². The molecule has 2 rings (SSSR count). The van der Waals surface area contributed by atoms with Gasteiger partial charge in [-0.15, -0.1) is 11.8 Å². The summed E-state index contributed by atoms with van der Waals surface area (Å²) in [4.78, 5) is 1.21. The molecular weight excluding hydrogens is 274 g/mol. The Morgan fingerprint density at radius 1 is 1.40 bits per heavy atom. The van der Waals surface area contributed by atoms with Crippen molar-refractivity contribution in [1.29, 1.82) is 0 Å². The van der Waals surface area contributed by atoms with Crippen LogP contribution in [-0.2, 0) is 5.75 Å². The first-order chi connectivity index (χ1) is 7.25. The van der Waals surface area contributed by atoms with Gasteiger partial charge in [0.15, 0.2) is 0 Å². The zero-order chi connectivity index (χ0) is 10.7. The van der Waals surface area contributed by atoms with Crippen LogP contribution in [0.25, 0.3) is 0 Å². The Balaban J connectivity index is 2.02. The van der Waals surface area contributed by atoms with E-state index in [0.717, 1.165) is 21.7 Å². The number of nitrogens with zero attached hydrogens (tertiary/aromatic N) is 1. The molecule has 0 unspecified atom stereocenters. The van der Waals surface area contributed by atoms with Gasteiger partial charge < -0.3 is 4.52 Å². The first kappa shape index (κ1) is 10.8. The van der Waals surface area contributed by atoms with Gasteiger partial charge in [0, 0.05) is 15.4 Å². The zero-order valence-corrected chi connectivity index (χ0v) is 10.6. The van der Waals surface area contributed by atoms with Gasteiger partial charge in [-0.1, -0.05) is 17.3 Å². The highest BCUT2D eigenvalue weighted by molar-refractivity contribution is 9.10. The van der Waals surface area contributed by atoms with Crippen LogP contribution in [0.5, 0.6) is 0 Å². The van der Waals surface area contributed by atoms with E-state index < -0.39 is 0 Å². The van der Waals surface area contributed by atoms with E-state index in [1.165, 1.54) is 4.90 Å². The number of hydrogen-bond donors (Lipinski definition) is 0. The molecular formula is C11H10BrNOS. The van der Waals surface area contributed by atoms with E-state index in [1.54, 1.807) is 11.8 Å². The minimum atomic E-state index is 0.809. The van der Waals surface area contributed by atoms with Crippen LogP contribution in [-0.4, -0.2) is 5.16 Å². The number of thioether (sulfide) groups is 1. The first-order valence-corrected chi connectivity index (χ1v) is 6.33. The zero-order valence-electron chi connectivity index (χ0n) is 8.24. The lowest BCUT2D eigenvalue weighted by molar-refractivity contribution is 0.391. The average molecular weight is 284 g/mol. The number of benzene rings is 1. The van der Waals surface area contributed by atoms with E-state index >= 15 is 0 Å². The van der Waals surface area contributed by atoms with Crippen molar-refractivity contribution in [2.75, 3.05) is 0 Å². The van der Waals surface area contributed by atoms with E-state index in [9.17, 15) is 0 Å². The third-order valence-electron chi connectivity index (χ3n) is 1.88. The van der Waals surface area contributed by atoms with Crippen molar-refractivity contribution in [1.82, 2.24) is 5.16 Å². The quantitative estimate of drug-likeness (QED) is 0.796. The van der Waals surface area contributed by atoms with E-state index in [0.29, 0.717) is 0 Å². The molecule has 0 bridgehead atoms. The maximum Gasteiger partial charge on any atom is 0.147 e. The predicted molar refractivity (Wildman–Crippen MR) is 64.9 cm³/mol. The highest BCUT2D eigenvalue weighted by atomic mass is 79.9. The second-order valence-electron chi connectivity index (χ2n) is 3.15. The fourth-order valence-electron chi connectivity index (χ4n) is 1.19. The van der Waals surface area contributed by atoms with Crippen molar-refractivity contribution >= 4 is 27.7 Å². The highest BCUT2D eigenvalue weighted by Gasteiger charge is 2.03. The lowest BCUT2D eigenvalue weighted by atomic mass is 10.4. The van der Waals surface area contributed by atoms with E-state index in [1.807, 2.05) is 31.2 Å². The van der Waals surface area contributed by atoms with E-state index in [-0.39, 0.29) is 0 Å². The third kappa shape index (κ3) is 2.86. The van der Waals surface area contributed by atoms with Gasteiger partial charge in [-0.25, -0.2) is 0 Å². The van der Waals surface area contributed by atoms with Gasteiger partial charge in [0.2, 0.25) is 0 Å². The lowest BCUT2D eigenvalue weighted by Crippen LogP contribution is -1.77. The highest BCUT2D eigenvalue weighted by Crippen LogP contribution is 2.29. The predicted octanol–water partition coefficient (Wildman–Crippen LogP) is 4.04. The minimum Gasteiger partial charge on any atom is -0.360 e. The summed E-state index contributed by atoms with van der Waals surface area (Å²) in [6.45, 7) is 1.93. The fourth-order valence-corrected chi connectivity index (χ4v) is 2.64. The molecule has 15 heavy (non-hydrogen) atoms. The van der Waals surface area contributed by atoms with Crippen molar-refractivity contribution in [3.05, 3.63) is 46.3 Å². The Bertz CT molecular complexity index is 455. The van der Waals surface area contributed by atoms with Gasteiger partial charge in [0.25, 0.3) is 0 Å². The Hall–Kier alpha value is -0.740. The van der Waals surface area contributed by atoms with Gasteiger partial charge in [-0.2, -0.15) is 0 Å². The summed E-state index contributed by atoms with van der Waals surface area (Å²) in [5.41, 5.74) is 0.928. The molecule has 0 fully saturated rings. The molecule has 0 saturated carbocycles.